The number of anilines is 1. The molecule has 4 nitrogen and oxygen atoms in total. The van der Waals surface area contributed by atoms with Crippen LogP contribution in [0.4, 0.5) is 5.69 Å². The predicted molar refractivity (Wildman–Crippen MR) is 99.7 cm³/mol. The predicted octanol–water partition coefficient (Wildman–Crippen LogP) is 4.40. The van der Waals surface area contributed by atoms with E-state index in [0.717, 1.165) is 54.9 Å². The molecule has 0 radical (unpaired) electrons. The summed E-state index contributed by atoms with van der Waals surface area (Å²) in [4.78, 5) is 12.4. The molecule has 2 aromatic rings. The van der Waals surface area contributed by atoms with E-state index in [1.165, 1.54) is 24.0 Å². The third-order valence-electron chi connectivity index (χ3n) is 5.71. The van der Waals surface area contributed by atoms with Crippen molar-refractivity contribution in [2.24, 2.45) is 0 Å². The summed E-state index contributed by atoms with van der Waals surface area (Å²) < 4.78 is 12.1. The Hall–Kier alpha value is -2.49. The Balaban J connectivity index is 1.26. The van der Waals surface area contributed by atoms with Crippen molar-refractivity contribution in [1.82, 2.24) is 0 Å². The highest BCUT2D eigenvalue weighted by Gasteiger charge is 2.44. The highest BCUT2D eigenvalue weighted by atomic mass is 16.7. The van der Waals surface area contributed by atoms with E-state index >= 15 is 0 Å². The van der Waals surface area contributed by atoms with Crippen molar-refractivity contribution < 1.29 is 14.3 Å². The molecule has 26 heavy (non-hydrogen) atoms. The lowest BCUT2D eigenvalue weighted by molar-refractivity contribution is -0.115. The molecule has 0 unspecified atom stereocenters. The number of hydrogen-bond acceptors (Lipinski definition) is 3. The van der Waals surface area contributed by atoms with Crippen LogP contribution in [0.1, 0.15) is 48.8 Å². The number of aryl methyl sites for hydroxylation is 2. The molecule has 1 spiro atoms. The molecule has 1 amide bonds. The monoisotopic (exact) mass is 349 g/mol. The lowest BCUT2D eigenvalue weighted by atomic mass is 10.0. The molecule has 1 N–H and O–H groups in total. The number of ether oxygens (including phenoxy) is 2. The van der Waals surface area contributed by atoms with Gasteiger partial charge in [-0.2, -0.15) is 0 Å². The molecule has 0 atom stereocenters. The van der Waals surface area contributed by atoms with Crippen molar-refractivity contribution in [1.29, 1.82) is 0 Å². The third kappa shape index (κ3) is 2.83. The maximum absolute atomic E-state index is 12.4. The van der Waals surface area contributed by atoms with Gasteiger partial charge >= 0.3 is 0 Å². The van der Waals surface area contributed by atoms with Gasteiger partial charge < -0.3 is 14.8 Å². The maximum Gasteiger partial charge on any atom is 0.251 e. The molecule has 1 saturated carbocycles. The van der Waals surface area contributed by atoms with Crippen LogP contribution in [0.25, 0.3) is 0 Å². The first kappa shape index (κ1) is 15.7. The van der Waals surface area contributed by atoms with Crippen LogP contribution in [0, 0.1) is 0 Å². The zero-order valence-corrected chi connectivity index (χ0v) is 14.8. The fourth-order valence-corrected chi connectivity index (χ4v) is 4.42. The largest absolute Gasteiger partial charge is 0.448 e. The van der Waals surface area contributed by atoms with Crippen LogP contribution in [0.5, 0.6) is 11.5 Å². The van der Waals surface area contributed by atoms with Gasteiger partial charge in [-0.3, -0.25) is 4.79 Å². The number of carbonyl (C=O) groups is 1. The second kappa shape index (κ2) is 6.04. The van der Waals surface area contributed by atoms with E-state index < -0.39 is 5.79 Å². The number of fused-ring (bicyclic) bond motifs is 2. The van der Waals surface area contributed by atoms with Crippen molar-refractivity contribution in [3.05, 3.63) is 53.1 Å². The third-order valence-corrected chi connectivity index (χ3v) is 5.71. The normalized spacial score (nSPS) is 18.9. The molecule has 0 saturated heterocycles. The molecule has 3 aliphatic rings. The molecule has 2 aromatic carbocycles. The Morgan fingerprint density at radius 1 is 0.923 bits per heavy atom. The molecule has 4 heteroatoms. The zero-order valence-electron chi connectivity index (χ0n) is 14.8. The lowest BCUT2D eigenvalue weighted by Gasteiger charge is -2.21. The number of nitrogens with one attached hydrogen (secondary N) is 1. The summed E-state index contributed by atoms with van der Waals surface area (Å²) >= 11 is 0. The van der Waals surface area contributed by atoms with Crippen LogP contribution >= 0.6 is 0 Å². The minimum absolute atomic E-state index is 0.00241. The van der Waals surface area contributed by atoms with Gasteiger partial charge in [-0.25, -0.2) is 0 Å². The molecule has 1 heterocycles. The molecule has 1 aliphatic heterocycles. The number of hydrogen-bond donors (Lipinski definition) is 1. The van der Waals surface area contributed by atoms with Crippen molar-refractivity contribution in [3.8, 4) is 11.5 Å². The first-order valence-electron chi connectivity index (χ1n) is 9.62. The van der Waals surface area contributed by atoms with Gasteiger partial charge in [0.25, 0.3) is 5.79 Å². The quantitative estimate of drug-likeness (QED) is 0.893. The van der Waals surface area contributed by atoms with Gasteiger partial charge in [0, 0.05) is 24.6 Å². The van der Waals surface area contributed by atoms with E-state index in [1.807, 2.05) is 18.2 Å². The van der Waals surface area contributed by atoms with E-state index in [4.69, 9.17) is 9.47 Å². The molecular weight excluding hydrogens is 326 g/mol. The second-order valence-electron chi connectivity index (χ2n) is 7.66. The van der Waals surface area contributed by atoms with Crippen LogP contribution in [0.2, 0.25) is 0 Å². The van der Waals surface area contributed by atoms with Crippen molar-refractivity contribution in [2.75, 3.05) is 5.32 Å². The van der Waals surface area contributed by atoms with Gasteiger partial charge in [-0.05, 0) is 60.9 Å². The molecule has 2 aliphatic carbocycles. The fraction of sp³-hybridized carbons (Fsp3) is 0.409. The van der Waals surface area contributed by atoms with Crippen LogP contribution < -0.4 is 14.8 Å². The molecule has 1 fully saturated rings. The van der Waals surface area contributed by atoms with Crippen LogP contribution in [0.3, 0.4) is 0 Å². The summed E-state index contributed by atoms with van der Waals surface area (Å²) in [5.74, 6) is 1.05. The second-order valence-corrected chi connectivity index (χ2v) is 7.66. The van der Waals surface area contributed by atoms with E-state index in [0.29, 0.717) is 6.42 Å². The highest BCUT2D eigenvalue weighted by Crippen LogP contribution is 2.47. The van der Waals surface area contributed by atoms with Gasteiger partial charge in [0.15, 0.2) is 11.5 Å². The Morgan fingerprint density at radius 3 is 2.62 bits per heavy atom. The molecule has 134 valence electrons. The lowest BCUT2D eigenvalue weighted by Crippen LogP contribution is -2.34. The standard InChI is InChI=1S/C22H23NO3/c24-21(13-15-6-7-16-4-3-5-17(16)12-15)23-18-8-9-19-20(14-18)26-22(25-19)10-1-2-11-22/h6-9,12,14H,1-5,10-11,13H2,(H,23,24). The van der Waals surface area contributed by atoms with Crippen LogP contribution in [-0.4, -0.2) is 11.7 Å². The van der Waals surface area contributed by atoms with Gasteiger partial charge in [0.05, 0.1) is 6.42 Å². The zero-order chi connectivity index (χ0) is 17.6. The highest BCUT2D eigenvalue weighted by molar-refractivity contribution is 5.92. The Labute approximate surface area is 153 Å². The fourth-order valence-electron chi connectivity index (χ4n) is 4.42. The van der Waals surface area contributed by atoms with Crippen molar-refractivity contribution in [2.45, 2.75) is 57.2 Å². The number of carbonyl (C=O) groups excluding carboxylic acids is 1. The smallest absolute Gasteiger partial charge is 0.251 e. The maximum atomic E-state index is 12.4. The van der Waals surface area contributed by atoms with Gasteiger partial charge in [0.1, 0.15) is 0 Å². The number of benzene rings is 2. The van der Waals surface area contributed by atoms with Gasteiger partial charge in [0.2, 0.25) is 5.91 Å². The van der Waals surface area contributed by atoms with Crippen LogP contribution in [-0.2, 0) is 24.1 Å². The molecule has 0 bridgehead atoms. The Bertz CT molecular complexity index is 868. The minimum Gasteiger partial charge on any atom is -0.448 e. The summed E-state index contributed by atoms with van der Waals surface area (Å²) in [6.45, 7) is 0. The average molecular weight is 349 g/mol. The summed E-state index contributed by atoms with van der Waals surface area (Å²) in [6.07, 6.45) is 8.06. The number of rotatable bonds is 3. The average Bonchev–Trinajstić information content (AvgIpc) is 3.34. The van der Waals surface area contributed by atoms with E-state index in [1.54, 1.807) is 0 Å². The van der Waals surface area contributed by atoms with Crippen molar-refractivity contribution in [3.63, 3.8) is 0 Å². The van der Waals surface area contributed by atoms with E-state index in [-0.39, 0.29) is 5.91 Å². The van der Waals surface area contributed by atoms with E-state index in [9.17, 15) is 4.79 Å². The first-order valence-corrected chi connectivity index (χ1v) is 9.62. The number of amides is 1. The van der Waals surface area contributed by atoms with Gasteiger partial charge in [-0.15, -0.1) is 0 Å². The van der Waals surface area contributed by atoms with Crippen molar-refractivity contribution >= 4 is 11.6 Å². The first-order chi connectivity index (χ1) is 12.7. The summed E-state index contributed by atoms with van der Waals surface area (Å²) in [6, 6.07) is 12.1. The summed E-state index contributed by atoms with van der Waals surface area (Å²) in [7, 11) is 0. The van der Waals surface area contributed by atoms with E-state index in [2.05, 4.69) is 23.5 Å². The molecular formula is C22H23NO3. The molecule has 0 aromatic heterocycles. The summed E-state index contributed by atoms with van der Waals surface area (Å²) in [5.41, 5.74) is 4.67. The van der Waals surface area contributed by atoms with Crippen LogP contribution in [0.15, 0.2) is 36.4 Å². The Morgan fingerprint density at radius 2 is 1.73 bits per heavy atom. The topological polar surface area (TPSA) is 47.6 Å². The SMILES string of the molecule is O=C(Cc1ccc2c(c1)CCC2)Nc1ccc2c(c1)OC1(CCCC1)O2. The molecule has 5 rings (SSSR count). The van der Waals surface area contributed by atoms with Gasteiger partial charge in [-0.1, -0.05) is 18.2 Å². The Kier molecular flexibility index (Phi) is 3.66. The summed E-state index contributed by atoms with van der Waals surface area (Å²) in [5, 5.41) is 2.99. The minimum atomic E-state index is -0.463.